The zero-order chi connectivity index (χ0) is 21.7. The lowest BCUT2D eigenvalue weighted by Crippen LogP contribution is -2.28. The number of benzene rings is 2. The van der Waals surface area contributed by atoms with E-state index in [0.29, 0.717) is 22.4 Å². The molecule has 1 fully saturated rings. The number of thioether (sulfide) groups is 1. The number of ether oxygens (including phenoxy) is 2. The first-order chi connectivity index (χ1) is 14.4. The molecule has 0 aliphatic carbocycles. The minimum Gasteiger partial charge on any atom is -0.497 e. The zero-order valence-corrected chi connectivity index (χ0v) is 19.3. The van der Waals surface area contributed by atoms with E-state index >= 15 is 0 Å². The number of hydrogen-bond donors (Lipinski definition) is 1. The van der Waals surface area contributed by atoms with E-state index in [2.05, 4.69) is 27.6 Å². The van der Waals surface area contributed by atoms with Gasteiger partial charge in [0, 0.05) is 6.54 Å². The fourth-order valence-electron chi connectivity index (χ4n) is 2.65. The van der Waals surface area contributed by atoms with Gasteiger partial charge in [-0.05, 0) is 89.3 Å². The van der Waals surface area contributed by atoms with Crippen LogP contribution in [0.4, 0.5) is 5.69 Å². The smallest absolute Gasteiger partial charge is 0.341 e. The molecule has 1 heterocycles. The Kier molecular flexibility index (Phi) is 7.38. The molecule has 0 unspecified atom stereocenters. The highest BCUT2D eigenvalue weighted by Crippen LogP contribution is 2.35. The van der Waals surface area contributed by atoms with Crippen LogP contribution in [0.25, 0.3) is 6.08 Å². The summed E-state index contributed by atoms with van der Waals surface area (Å²) in [4.78, 5) is 30.3. The SMILES string of the molecule is CCN1C(=O)/C(=C\c2ccc(OCC(=O)O)c(I)c2)SC1=Nc1ccc(OC)cc1. The summed E-state index contributed by atoms with van der Waals surface area (Å²) in [6.07, 6.45) is 1.80. The summed E-state index contributed by atoms with van der Waals surface area (Å²) in [5.74, 6) is 0.0964. The van der Waals surface area contributed by atoms with Crippen LogP contribution < -0.4 is 9.47 Å². The molecule has 1 aliphatic rings. The van der Waals surface area contributed by atoms with E-state index in [-0.39, 0.29) is 5.91 Å². The van der Waals surface area contributed by atoms with Crippen LogP contribution in [-0.2, 0) is 9.59 Å². The Morgan fingerprint density at radius 2 is 2.00 bits per heavy atom. The average molecular weight is 538 g/mol. The summed E-state index contributed by atoms with van der Waals surface area (Å²) in [5.41, 5.74) is 1.56. The number of methoxy groups -OCH3 is 1. The van der Waals surface area contributed by atoms with Crippen molar-refractivity contribution in [3.05, 3.63) is 56.5 Å². The second-order valence-electron chi connectivity index (χ2n) is 6.12. The van der Waals surface area contributed by atoms with Gasteiger partial charge in [-0.2, -0.15) is 0 Å². The molecule has 1 amide bonds. The van der Waals surface area contributed by atoms with E-state index in [1.54, 1.807) is 30.2 Å². The molecule has 9 heteroatoms. The molecule has 3 rings (SSSR count). The number of rotatable bonds is 7. The van der Waals surface area contributed by atoms with Gasteiger partial charge in [0.05, 0.1) is 21.3 Å². The third kappa shape index (κ3) is 5.33. The fraction of sp³-hybridized carbons (Fsp3) is 0.190. The lowest BCUT2D eigenvalue weighted by Gasteiger charge is -2.12. The maximum Gasteiger partial charge on any atom is 0.341 e. The van der Waals surface area contributed by atoms with Crippen molar-refractivity contribution in [1.82, 2.24) is 4.90 Å². The number of carbonyl (C=O) groups is 2. The molecule has 156 valence electrons. The van der Waals surface area contributed by atoms with Gasteiger partial charge in [-0.15, -0.1) is 0 Å². The number of halogens is 1. The zero-order valence-electron chi connectivity index (χ0n) is 16.3. The summed E-state index contributed by atoms with van der Waals surface area (Å²) in [5, 5.41) is 9.37. The number of hydrogen-bond acceptors (Lipinski definition) is 6. The predicted octanol–water partition coefficient (Wildman–Crippen LogP) is 4.39. The minimum absolute atomic E-state index is 0.101. The molecule has 0 radical (unpaired) electrons. The van der Waals surface area contributed by atoms with Gasteiger partial charge in [-0.25, -0.2) is 9.79 Å². The van der Waals surface area contributed by atoms with Crippen molar-refractivity contribution in [1.29, 1.82) is 0 Å². The lowest BCUT2D eigenvalue weighted by atomic mass is 10.2. The van der Waals surface area contributed by atoms with E-state index in [1.165, 1.54) is 11.8 Å². The molecule has 1 aliphatic heterocycles. The molecule has 0 aromatic heterocycles. The summed E-state index contributed by atoms with van der Waals surface area (Å²) in [6, 6.07) is 12.6. The fourth-order valence-corrected chi connectivity index (χ4v) is 4.41. The summed E-state index contributed by atoms with van der Waals surface area (Å²) in [6.45, 7) is 2.02. The minimum atomic E-state index is -1.03. The second kappa shape index (κ2) is 9.98. The molecule has 0 saturated carbocycles. The van der Waals surface area contributed by atoms with Gasteiger partial charge in [-0.3, -0.25) is 9.69 Å². The number of amidine groups is 1. The summed E-state index contributed by atoms with van der Waals surface area (Å²) in [7, 11) is 1.61. The molecule has 1 saturated heterocycles. The molecule has 30 heavy (non-hydrogen) atoms. The monoisotopic (exact) mass is 538 g/mol. The number of carboxylic acid groups (broad SMARTS) is 1. The lowest BCUT2D eigenvalue weighted by molar-refractivity contribution is -0.139. The largest absolute Gasteiger partial charge is 0.497 e. The first-order valence-corrected chi connectivity index (χ1v) is 10.9. The van der Waals surface area contributed by atoms with Gasteiger partial charge in [0.1, 0.15) is 11.5 Å². The first-order valence-electron chi connectivity index (χ1n) is 8.99. The number of aliphatic imine (C=N–C) groups is 1. The van der Waals surface area contributed by atoms with Crippen molar-refractivity contribution in [3.8, 4) is 11.5 Å². The number of carbonyl (C=O) groups excluding carboxylic acids is 1. The van der Waals surface area contributed by atoms with E-state index < -0.39 is 12.6 Å². The van der Waals surface area contributed by atoms with Gasteiger partial charge in [0.25, 0.3) is 5.91 Å². The maximum atomic E-state index is 12.8. The summed E-state index contributed by atoms with van der Waals surface area (Å²) < 4.78 is 11.2. The quantitative estimate of drug-likeness (QED) is 0.416. The van der Waals surface area contributed by atoms with Crippen molar-refractivity contribution < 1.29 is 24.2 Å². The molecule has 1 N–H and O–H groups in total. The highest BCUT2D eigenvalue weighted by molar-refractivity contribution is 14.1. The Labute approximate surface area is 191 Å². The highest BCUT2D eigenvalue weighted by Gasteiger charge is 2.32. The van der Waals surface area contributed by atoms with Crippen LogP contribution in [0.3, 0.4) is 0 Å². The Morgan fingerprint density at radius 3 is 2.60 bits per heavy atom. The van der Waals surface area contributed by atoms with Crippen molar-refractivity contribution in [2.24, 2.45) is 4.99 Å². The van der Waals surface area contributed by atoms with Crippen molar-refractivity contribution in [2.75, 3.05) is 20.3 Å². The summed E-state index contributed by atoms with van der Waals surface area (Å²) >= 11 is 3.40. The van der Waals surface area contributed by atoms with Crippen LogP contribution >= 0.6 is 34.4 Å². The van der Waals surface area contributed by atoms with Crippen LogP contribution in [0.1, 0.15) is 12.5 Å². The molecule has 2 aromatic rings. The average Bonchev–Trinajstić information content (AvgIpc) is 3.01. The van der Waals surface area contributed by atoms with Crippen LogP contribution in [0.15, 0.2) is 52.4 Å². The predicted molar refractivity (Wildman–Crippen MR) is 125 cm³/mol. The maximum absolute atomic E-state index is 12.8. The van der Waals surface area contributed by atoms with Gasteiger partial charge in [0.2, 0.25) is 0 Å². The molecule has 0 bridgehead atoms. The topological polar surface area (TPSA) is 88.4 Å². The first kappa shape index (κ1) is 22.2. The number of likely N-dealkylation sites (N-methyl/N-ethyl adjacent to an activating group) is 1. The third-order valence-corrected chi connectivity index (χ3v) is 5.96. The van der Waals surface area contributed by atoms with Crippen LogP contribution in [0.5, 0.6) is 11.5 Å². The van der Waals surface area contributed by atoms with E-state index in [9.17, 15) is 9.59 Å². The highest BCUT2D eigenvalue weighted by atomic mass is 127. The van der Waals surface area contributed by atoms with E-state index in [1.807, 2.05) is 37.3 Å². The molecule has 2 aromatic carbocycles. The Bertz CT molecular complexity index is 1020. The van der Waals surface area contributed by atoms with Crippen LogP contribution in [-0.4, -0.2) is 47.3 Å². The molecular formula is C21H19IN2O5S. The van der Waals surface area contributed by atoms with Crippen LogP contribution in [0, 0.1) is 3.57 Å². The van der Waals surface area contributed by atoms with Gasteiger partial charge in [-0.1, -0.05) is 6.07 Å². The number of nitrogens with zero attached hydrogens (tertiary/aromatic N) is 2. The van der Waals surface area contributed by atoms with Gasteiger partial charge >= 0.3 is 5.97 Å². The Hall–Kier alpha value is -2.53. The standard InChI is InChI=1S/C21H19IN2O5S/c1-3-24-20(27)18(30-21(24)23-14-5-7-15(28-2)8-6-14)11-13-4-9-17(16(22)10-13)29-12-19(25)26/h4-11H,3,12H2,1-2H3,(H,25,26)/b18-11+,23-21?. The van der Waals surface area contributed by atoms with Gasteiger partial charge in [0.15, 0.2) is 11.8 Å². The van der Waals surface area contributed by atoms with Crippen LogP contribution in [0.2, 0.25) is 0 Å². The van der Waals surface area contributed by atoms with Crippen molar-refractivity contribution in [3.63, 3.8) is 0 Å². The Balaban J connectivity index is 1.83. The molecule has 0 spiro atoms. The second-order valence-corrected chi connectivity index (χ2v) is 8.30. The number of aliphatic carboxylic acids is 1. The third-order valence-electron chi connectivity index (χ3n) is 4.11. The normalized spacial score (nSPS) is 16.4. The van der Waals surface area contributed by atoms with E-state index in [4.69, 9.17) is 14.6 Å². The molecular weight excluding hydrogens is 519 g/mol. The molecule has 7 nitrogen and oxygen atoms in total. The van der Waals surface area contributed by atoms with Crippen molar-refractivity contribution >= 4 is 63.2 Å². The number of carboxylic acids is 1. The Morgan fingerprint density at radius 1 is 1.27 bits per heavy atom. The molecule has 0 atom stereocenters. The van der Waals surface area contributed by atoms with Crippen molar-refractivity contribution in [2.45, 2.75) is 6.92 Å². The van der Waals surface area contributed by atoms with Gasteiger partial charge < -0.3 is 14.6 Å². The number of amides is 1. The van der Waals surface area contributed by atoms with E-state index in [0.717, 1.165) is 20.6 Å².